The fourth-order valence-electron chi connectivity index (χ4n) is 8.76. The third-order valence-corrected chi connectivity index (χ3v) is 11.3. The van der Waals surface area contributed by atoms with Gasteiger partial charge in [0.05, 0.1) is 22.1 Å². The van der Waals surface area contributed by atoms with Gasteiger partial charge in [-0.15, -0.1) is 0 Å². The topological polar surface area (TPSA) is 23.0 Å². The fourth-order valence-corrected chi connectivity index (χ4v) is 8.76. The van der Waals surface area contributed by atoms with E-state index < -0.39 is 0 Å². The summed E-state index contributed by atoms with van der Waals surface area (Å²) < 4.78 is 11.3. The van der Waals surface area contributed by atoms with Crippen molar-refractivity contribution >= 4 is 87.1 Å². The Bertz CT molecular complexity index is 3470. The van der Waals surface area contributed by atoms with Gasteiger partial charge in [0, 0.05) is 43.7 Å². The number of furan rings is 1. The summed E-state index contributed by atoms with van der Waals surface area (Å²) in [5.41, 5.74) is 11.3. The van der Waals surface area contributed by atoms with Crippen LogP contribution in [0.1, 0.15) is 0 Å². The average Bonchev–Trinajstić information content (AvgIpc) is 3.86. The van der Waals surface area contributed by atoms with Crippen molar-refractivity contribution in [1.82, 2.24) is 9.13 Å². The standard InChI is InChI=1S/C50H30N2O/c1-3-11-33-25-37(21-17-31(33)9-1)51-45-15-7-5-13-39(45)41-27-35(19-23-46(41)51)36-20-24-47-42(28-36)43-30-50-44(40-14-6-8-16-49(40)53-50)29-48(43)52(47)38-22-18-32-10-2-4-12-34(32)26-38/h1-30H. The molecule has 0 aliphatic carbocycles. The third-order valence-electron chi connectivity index (χ3n) is 11.3. The summed E-state index contributed by atoms with van der Waals surface area (Å²) in [6.07, 6.45) is 0. The van der Waals surface area contributed by atoms with Crippen LogP contribution < -0.4 is 0 Å². The Hall–Kier alpha value is -7.10. The fraction of sp³-hybridized carbons (Fsp3) is 0. The highest BCUT2D eigenvalue weighted by molar-refractivity contribution is 6.18. The van der Waals surface area contributed by atoms with Crippen LogP contribution in [0.25, 0.3) is 110 Å². The molecule has 0 aliphatic heterocycles. The number of hydrogen-bond acceptors (Lipinski definition) is 1. The van der Waals surface area contributed by atoms with Crippen LogP contribution in [0.4, 0.5) is 0 Å². The first-order chi connectivity index (χ1) is 26.2. The summed E-state index contributed by atoms with van der Waals surface area (Å²) in [5.74, 6) is 0. The molecule has 3 heteroatoms. The molecule has 0 saturated heterocycles. The van der Waals surface area contributed by atoms with E-state index in [1.807, 2.05) is 6.07 Å². The van der Waals surface area contributed by atoms with Crippen molar-refractivity contribution in [3.63, 3.8) is 0 Å². The van der Waals surface area contributed by atoms with E-state index in [-0.39, 0.29) is 0 Å². The monoisotopic (exact) mass is 674 g/mol. The smallest absolute Gasteiger partial charge is 0.136 e. The number of hydrogen-bond donors (Lipinski definition) is 0. The van der Waals surface area contributed by atoms with Crippen LogP contribution in [-0.2, 0) is 0 Å². The Kier molecular flexibility index (Phi) is 5.77. The summed E-state index contributed by atoms with van der Waals surface area (Å²) in [4.78, 5) is 0. The maximum atomic E-state index is 6.44. The van der Waals surface area contributed by atoms with E-state index in [0.29, 0.717) is 0 Å². The van der Waals surface area contributed by atoms with Gasteiger partial charge in [-0.05, 0) is 105 Å². The Morgan fingerprint density at radius 3 is 1.47 bits per heavy atom. The summed E-state index contributed by atoms with van der Waals surface area (Å²) in [7, 11) is 0. The molecule has 0 spiro atoms. The highest BCUT2D eigenvalue weighted by Gasteiger charge is 2.19. The first kappa shape index (κ1) is 28.6. The average molecular weight is 675 g/mol. The second kappa shape index (κ2) is 10.7. The van der Waals surface area contributed by atoms with E-state index in [4.69, 9.17) is 4.42 Å². The van der Waals surface area contributed by atoms with E-state index in [1.54, 1.807) is 0 Å². The number of aromatic nitrogens is 2. The summed E-state index contributed by atoms with van der Waals surface area (Å²) in [6.45, 7) is 0. The third kappa shape index (κ3) is 4.16. The zero-order valence-electron chi connectivity index (χ0n) is 28.6. The normalized spacial score (nSPS) is 12.2. The van der Waals surface area contributed by atoms with Crippen molar-refractivity contribution in [3.8, 4) is 22.5 Å². The van der Waals surface area contributed by atoms with Crippen molar-refractivity contribution in [3.05, 3.63) is 182 Å². The number of para-hydroxylation sites is 2. The zero-order valence-corrected chi connectivity index (χ0v) is 28.6. The van der Waals surface area contributed by atoms with Gasteiger partial charge in [-0.25, -0.2) is 0 Å². The molecule has 0 atom stereocenters. The number of fused-ring (bicyclic) bond motifs is 11. The van der Waals surface area contributed by atoms with Gasteiger partial charge in [-0.2, -0.15) is 0 Å². The molecule has 0 unspecified atom stereocenters. The molecule has 3 aromatic heterocycles. The predicted octanol–water partition coefficient (Wildman–Crippen LogP) is 13.8. The molecular formula is C50H30N2O. The highest BCUT2D eigenvalue weighted by atomic mass is 16.3. The van der Waals surface area contributed by atoms with Crippen molar-refractivity contribution in [2.45, 2.75) is 0 Å². The lowest BCUT2D eigenvalue weighted by Crippen LogP contribution is -1.94. The Labute approximate surface area is 304 Å². The van der Waals surface area contributed by atoms with Gasteiger partial charge in [-0.1, -0.05) is 109 Å². The number of rotatable bonds is 3. The predicted molar refractivity (Wildman–Crippen MR) is 223 cm³/mol. The molecule has 0 N–H and O–H groups in total. The zero-order chi connectivity index (χ0) is 34.6. The van der Waals surface area contributed by atoms with Gasteiger partial charge in [0.2, 0.25) is 0 Å². The molecule has 0 amide bonds. The number of nitrogens with zero attached hydrogens (tertiary/aromatic N) is 2. The molecule has 0 fully saturated rings. The first-order valence-electron chi connectivity index (χ1n) is 18.2. The lowest BCUT2D eigenvalue weighted by molar-refractivity contribution is 0.669. The van der Waals surface area contributed by atoms with Crippen LogP contribution in [0.15, 0.2) is 186 Å². The van der Waals surface area contributed by atoms with E-state index >= 15 is 0 Å². The molecule has 246 valence electrons. The molecule has 53 heavy (non-hydrogen) atoms. The quantitative estimate of drug-likeness (QED) is 0.183. The van der Waals surface area contributed by atoms with Gasteiger partial charge in [0.25, 0.3) is 0 Å². The summed E-state index contributed by atoms with van der Waals surface area (Å²) in [5, 5.41) is 12.1. The van der Waals surface area contributed by atoms with Gasteiger partial charge in [-0.3, -0.25) is 0 Å². The minimum Gasteiger partial charge on any atom is -0.456 e. The maximum Gasteiger partial charge on any atom is 0.136 e. The second-order valence-electron chi connectivity index (χ2n) is 14.2. The Morgan fingerprint density at radius 2 is 0.792 bits per heavy atom. The minimum atomic E-state index is 0.907. The lowest BCUT2D eigenvalue weighted by Gasteiger charge is -2.11. The molecule has 0 saturated carbocycles. The van der Waals surface area contributed by atoms with Crippen LogP contribution in [-0.4, -0.2) is 9.13 Å². The van der Waals surface area contributed by atoms with Crippen molar-refractivity contribution in [1.29, 1.82) is 0 Å². The molecule has 0 aliphatic rings. The first-order valence-corrected chi connectivity index (χ1v) is 18.2. The van der Waals surface area contributed by atoms with Crippen molar-refractivity contribution < 1.29 is 4.42 Å². The Morgan fingerprint density at radius 1 is 0.283 bits per heavy atom. The van der Waals surface area contributed by atoms with E-state index in [0.717, 1.165) is 27.6 Å². The second-order valence-corrected chi connectivity index (χ2v) is 14.2. The van der Waals surface area contributed by atoms with E-state index in [1.165, 1.54) is 82.0 Å². The summed E-state index contributed by atoms with van der Waals surface area (Å²) >= 11 is 0. The Balaban J connectivity index is 1.09. The highest BCUT2D eigenvalue weighted by Crippen LogP contribution is 2.41. The molecule has 3 nitrogen and oxygen atoms in total. The molecule has 9 aromatic carbocycles. The maximum absolute atomic E-state index is 6.44. The largest absolute Gasteiger partial charge is 0.456 e. The molecule has 12 rings (SSSR count). The van der Waals surface area contributed by atoms with Gasteiger partial charge in [0.1, 0.15) is 11.2 Å². The van der Waals surface area contributed by atoms with Crippen LogP contribution in [0.3, 0.4) is 0 Å². The van der Waals surface area contributed by atoms with Crippen molar-refractivity contribution in [2.75, 3.05) is 0 Å². The molecule has 3 heterocycles. The molecule has 12 aromatic rings. The summed E-state index contributed by atoms with van der Waals surface area (Å²) in [6, 6.07) is 66.2. The van der Waals surface area contributed by atoms with Gasteiger partial charge >= 0.3 is 0 Å². The van der Waals surface area contributed by atoms with Crippen molar-refractivity contribution in [2.24, 2.45) is 0 Å². The molecule has 0 bridgehead atoms. The van der Waals surface area contributed by atoms with E-state index in [2.05, 4.69) is 185 Å². The number of benzene rings is 9. The van der Waals surface area contributed by atoms with Crippen LogP contribution >= 0.6 is 0 Å². The van der Waals surface area contributed by atoms with Crippen LogP contribution in [0.2, 0.25) is 0 Å². The molecule has 0 radical (unpaired) electrons. The lowest BCUT2D eigenvalue weighted by atomic mass is 10.0. The van der Waals surface area contributed by atoms with E-state index in [9.17, 15) is 0 Å². The van der Waals surface area contributed by atoms with Gasteiger partial charge < -0.3 is 13.6 Å². The minimum absolute atomic E-state index is 0.907. The molecular weight excluding hydrogens is 645 g/mol. The van der Waals surface area contributed by atoms with Crippen LogP contribution in [0.5, 0.6) is 0 Å². The van der Waals surface area contributed by atoms with Crippen LogP contribution in [0, 0.1) is 0 Å². The SMILES string of the molecule is c1ccc2cc(-n3c4ccccc4c4cc(-c5ccc6c(c5)c5cc7oc8ccccc8c7cc5n6-c5ccc6ccccc6c5)ccc43)ccc2c1. The van der Waals surface area contributed by atoms with Gasteiger partial charge in [0.15, 0.2) is 0 Å².